The first-order chi connectivity index (χ1) is 14.6. The molecule has 1 atom stereocenters. The average Bonchev–Trinajstić information content (AvgIpc) is 2.67. The molecule has 7 heteroatoms. The number of allylic oxidation sites excluding steroid dienone is 5. The maximum Gasteiger partial charge on any atom is 0.343 e. The van der Waals surface area contributed by atoms with Gasteiger partial charge in [-0.15, -0.1) is 0 Å². The largest absolute Gasteiger partial charge is 0.343 e. The fourth-order valence-corrected chi connectivity index (χ4v) is 5.48. The number of piperidine rings is 1. The zero-order valence-corrected chi connectivity index (χ0v) is 21.0. The molecule has 1 unspecified atom stereocenters. The molecular weight excluding hydrogens is 413 g/mol. The van der Waals surface area contributed by atoms with Crippen LogP contribution in [0.3, 0.4) is 0 Å². The molecule has 0 spiro atoms. The lowest BCUT2D eigenvalue weighted by molar-refractivity contribution is -0.147. The van der Waals surface area contributed by atoms with Crippen molar-refractivity contribution in [2.45, 2.75) is 85.7 Å². The van der Waals surface area contributed by atoms with Crippen LogP contribution in [0, 0.1) is 0 Å². The number of hydrogen-bond acceptors (Lipinski definition) is 5. The predicted molar refractivity (Wildman–Crippen MR) is 126 cm³/mol. The van der Waals surface area contributed by atoms with Gasteiger partial charge < -0.3 is 9.05 Å². The molecule has 1 aliphatic rings. The highest BCUT2D eigenvalue weighted by atomic mass is 31.2. The number of hydrogen-bond donors (Lipinski definition) is 0. The summed E-state index contributed by atoms with van der Waals surface area (Å²) in [6.07, 6.45) is 10.7. The lowest BCUT2D eigenvalue weighted by Crippen LogP contribution is -2.48. The molecular formula is C24H40NO5P. The first kappa shape index (κ1) is 27.5. The van der Waals surface area contributed by atoms with Crippen molar-refractivity contribution in [3.05, 3.63) is 34.9 Å². The van der Waals surface area contributed by atoms with Crippen molar-refractivity contribution >= 4 is 19.4 Å². The standard InChI is InChI=1S/C24H40NO5P/c1-7-29-31(28,30-8-2)22-15-16-23(26)25(24(22)27)18-17-21(6)14-10-13-20(5)12-9-11-19(3)4/h11,13,17,22H,7-10,12,14-16,18H2,1-6H3/b20-13+,21-17+. The van der Waals surface area contributed by atoms with E-state index in [1.165, 1.54) is 16.0 Å². The minimum Gasteiger partial charge on any atom is -0.308 e. The first-order valence-electron chi connectivity index (χ1n) is 11.3. The van der Waals surface area contributed by atoms with Gasteiger partial charge in [-0.3, -0.25) is 19.1 Å². The van der Waals surface area contributed by atoms with Crippen LogP contribution in [0.25, 0.3) is 0 Å². The van der Waals surface area contributed by atoms with Crippen LogP contribution in [0.4, 0.5) is 0 Å². The normalized spacial score (nSPS) is 18.5. The molecule has 1 aliphatic heterocycles. The van der Waals surface area contributed by atoms with Gasteiger partial charge in [-0.2, -0.15) is 0 Å². The van der Waals surface area contributed by atoms with Gasteiger partial charge in [-0.1, -0.05) is 34.9 Å². The second kappa shape index (κ2) is 13.8. The average molecular weight is 454 g/mol. The highest BCUT2D eigenvalue weighted by Gasteiger charge is 2.47. The van der Waals surface area contributed by atoms with Crippen LogP contribution < -0.4 is 0 Å². The fraction of sp³-hybridized carbons (Fsp3) is 0.667. The van der Waals surface area contributed by atoms with E-state index in [-0.39, 0.29) is 38.5 Å². The van der Waals surface area contributed by atoms with E-state index in [9.17, 15) is 14.2 Å². The Labute approximate surface area is 188 Å². The van der Waals surface area contributed by atoms with Crippen LogP contribution in [-0.4, -0.2) is 42.1 Å². The Morgan fingerprint density at radius 3 is 2.06 bits per heavy atom. The summed E-state index contributed by atoms with van der Waals surface area (Å²) in [6.45, 7) is 12.4. The van der Waals surface area contributed by atoms with E-state index in [4.69, 9.17) is 9.05 Å². The summed E-state index contributed by atoms with van der Waals surface area (Å²) in [5, 5.41) is 0. The molecule has 1 rings (SSSR count). The number of imide groups is 1. The van der Waals surface area contributed by atoms with Crippen LogP contribution in [0.5, 0.6) is 0 Å². The van der Waals surface area contributed by atoms with Crippen molar-refractivity contribution in [3.63, 3.8) is 0 Å². The third kappa shape index (κ3) is 9.26. The van der Waals surface area contributed by atoms with Crippen molar-refractivity contribution < 1.29 is 23.2 Å². The molecule has 0 aliphatic carbocycles. The van der Waals surface area contributed by atoms with Crippen molar-refractivity contribution in [1.82, 2.24) is 4.90 Å². The van der Waals surface area contributed by atoms with Crippen molar-refractivity contribution in [3.8, 4) is 0 Å². The van der Waals surface area contributed by atoms with Gasteiger partial charge in [0.2, 0.25) is 11.8 Å². The van der Waals surface area contributed by atoms with Crippen LogP contribution in [0.2, 0.25) is 0 Å². The minimum atomic E-state index is -3.58. The summed E-state index contributed by atoms with van der Waals surface area (Å²) in [6, 6.07) is 0. The second-order valence-electron chi connectivity index (χ2n) is 8.23. The summed E-state index contributed by atoms with van der Waals surface area (Å²) in [4.78, 5) is 26.5. The molecule has 176 valence electrons. The third-order valence-electron chi connectivity index (χ3n) is 5.23. The number of nitrogens with zero attached hydrogens (tertiary/aromatic N) is 1. The number of likely N-dealkylation sites (tertiary alicyclic amines) is 1. The maximum absolute atomic E-state index is 13.1. The van der Waals surface area contributed by atoms with Crippen molar-refractivity contribution in [2.24, 2.45) is 0 Å². The van der Waals surface area contributed by atoms with E-state index in [0.29, 0.717) is 0 Å². The van der Waals surface area contributed by atoms with Gasteiger partial charge in [0.1, 0.15) is 5.66 Å². The molecule has 0 saturated carbocycles. The summed E-state index contributed by atoms with van der Waals surface area (Å²) in [7, 11) is -3.58. The number of carbonyl (C=O) groups is 2. The van der Waals surface area contributed by atoms with Crippen LogP contribution >= 0.6 is 7.60 Å². The Morgan fingerprint density at radius 2 is 1.52 bits per heavy atom. The second-order valence-corrected chi connectivity index (χ2v) is 10.5. The number of carbonyl (C=O) groups excluding carboxylic acids is 2. The summed E-state index contributed by atoms with van der Waals surface area (Å²) < 4.78 is 23.8. The molecule has 6 nitrogen and oxygen atoms in total. The van der Waals surface area contributed by atoms with Gasteiger partial charge in [0, 0.05) is 13.0 Å². The SMILES string of the molecule is CCOP(=O)(OCC)C1CCC(=O)N(C/C=C(\C)CC/C=C(\C)CCC=C(C)C)C1=O. The Kier molecular flexibility index (Phi) is 12.3. The van der Waals surface area contributed by atoms with Crippen LogP contribution in [0.1, 0.15) is 80.1 Å². The molecule has 0 aromatic carbocycles. The molecule has 1 heterocycles. The number of rotatable bonds is 13. The van der Waals surface area contributed by atoms with Gasteiger partial charge in [-0.05, 0) is 73.6 Å². The van der Waals surface area contributed by atoms with Gasteiger partial charge in [0.05, 0.1) is 13.2 Å². The minimum absolute atomic E-state index is 0.168. The van der Waals surface area contributed by atoms with Crippen LogP contribution in [-0.2, 0) is 23.2 Å². The predicted octanol–water partition coefficient (Wildman–Crippen LogP) is 6.19. The van der Waals surface area contributed by atoms with Crippen molar-refractivity contribution in [1.29, 1.82) is 0 Å². The summed E-state index contributed by atoms with van der Waals surface area (Å²) in [5.41, 5.74) is 2.92. The highest BCUT2D eigenvalue weighted by Crippen LogP contribution is 2.56. The molecule has 0 bridgehead atoms. The maximum atomic E-state index is 13.1. The van der Waals surface area contributed by atoms with E-state index < -0.39 is 19.2 Å². The van der Waals surface area contributed by atoms with Gasteiger partial charge in [0.15, 0.2) is 0 Å². The lowest BCUT2D eigenvalue weighted by atomic mass is 10.1. The van der Waals surface area contributed by atoms with E-state index in [1.54, 1.807) is 13.8 Å². The smallest absolute Gasteiger partial charge is 0.308 e. The van der Waals surface area contributed by atoms with E-state index in [1.807, 2.05) is 13.0 Å². The van der Waals surface area contributed by atoms with Gasteiger partial charge in [-0.25, -0.2) is 0 Å². The Hall–Kier alpha value is -1.49. The lowest BCUT2D eigenvalue weighted by Gasteiger charge is -2.33. The zero-order chi connectivity index (χ0) is 23.4. The molecule has 2 amide bonds. The van der Waals surface area contributed by atoms with E-state index in [2.05, 4.69) is 32.9 Å². The monoisotopic (exact) mass is 453 g/mol. The Bertz CT molecular complexity index is 739. The highest BCUT2D eigenvalue weighted by molar-refractivity contribution is 7.55. The summed E-state index contributed by atoms with van der Waals surface area (Å²) >= 11 is 0. The Balaban J connectivity index is 2.69. The molecule has 0 radical (unpaired) electrons. The molecule has 1 fully saturated rings. The molecule has 0 N–H and O–H groups in total. The quantitative estimate of drug-likeness (QED) is 0.189. The fourth-order valence-electron chi connectivity index (χ4n) is 3.47. The van der Waals surface area contributed by atoms with Crippen molar-refractivity contribution in [2.75, 3.05) is 19.8 Å². The Morgan fingerprint density at radius 1 is 0.968 bits per heavy atom. The zero-order valence-electron chi connectivity index (χ0n) is 20.1. The molecule has 0 aromatic rings. The van der Waals surface area contributed by atoms with Gasteiger partial charge in [0.25, 0.3) is 0 Å². The van der Waals surface area contributed by atoms with E-state index >= 15 is 0 Å². The van der Waals surface area contributed by atoms with Crippen LogP contribution in [0.15, 0.2) is 34.9 Å². The van der Waals surface area contributed by atoms with Gasteiger partial charge >= 0.3 is 7.60 Å². The molecule has 0 aromatic heterocycles. The first-order valence-corrected chi connectivity index (χ1v) is 12.9. The topological polar surface area (TPSA) is 72.9 Å². The molecule has 1 saturated heterocycles. The number of amides is 2. The van der Waals surface area contributed by atoms with E-state index in [0.717, 1.165) is 31.3 Å². The third-order valence-corrected chi connectivity index (χ3v) is 7.71. The summed E-state index contributed by atoms with van der Waals surface area (Å²) in [5.74, 6) is -0.694. The molecule has 31 heavy (non-hydrogen) atoms.